The predicted molar refractivity (Wildman–Crippen MR) is 116 cm³/mol. The molecule has 1 aromatic heterocycles. The summed E-state index contributed by atoms with van der Waals surface area (Å²) in [4.78, 5) is 17.1. The number of hydrogen-bond donors (Lipinski definition) is 3. The van der Waals surface area contributed by atoms with Crippen LogP contribution in [-0.4, -0.2) is 17.4 Å². The highest BCUT2D eigenvalue weighted by atomic mass is 35.5. The number of halogens is 1. The predicted octanol–water partition coefficient (Wildman–Crippen LogP) is 3.40. The van der Waals surface area contributed by atoms with Gasteiger partial charge in [0, 0.05) is 24.3 Å². The number of nitrogens with zero attached hydrogens (tertiary/aromatic N) is 1. The number of pyridine rings is 1. The maximum absolute atomic E-state index is 12.8. The Morgan fingerprint density at radius 3 is 2.80 bits per heavy atom. The molecule has 154 valence electrons. The number of nitrogens with one attached hydrogen (secondary N) is 3. The highest BCUT2D eigenvalue weighted by Crippen LogP contribution is 2.26. The Hall–Kier alpha value is -2.93. The van der Waals surface area contributed by atoms with Crippen LogP contribution in [0.5, 0.6) is 5.75 Å². The fraction of sp³-hybridized carbons (Fsp3) is 0.217. The number of hydrazine groups is 1. The highest BCUT2D eigenvalue weighted by molar-refractivity contribution is 6.30. The molecule has 3 aromatic rings. The Balaban J connectivity index is 1.33. The van der Waals surface area contributed by atoms with Crippen molar-refractivity contribution in [3.8, 4) is 5.75 Å². The maximum atomic E-state index is 12.8. The molecule has 1 fully saturated rings. The molecule has 0 aliphatic carbocycles. The van der Waals surface area contributed by atoms with Gasteiger partial charge in [0.1, 0.15) is 12.4 Å². The summed E-state index contributed by atoms with van der Waals surface area (Å²) in [6.07, 6.45) is 1.74. The van der Waals surface area contributed by atoms with Crippen LogP contribution in [0.2, 0.25) is 5.02 Å². The van der Waals surface area contributed by atoms with Gasteiger partial charge in [-0.25, -0.2) is 5.43 Å². The van der Waals surface area contributed by atoms with Crippen molar-refractivity contribution in [3.05, 3.63) is 94.8 Å². The summed E-state index contributed by atoms with van der Waals surface area (Å²) in [6.45, 7) is 1.40. The van der Waals surface area contributed by atoms with Crippen LogP contribution in [0.1, 0.15) is 22.9 Å². The summed E-state index contributed by atoms with van der Waals surface area (Å²) < 4.78 is 5.82. The molecule has 30 heavy (non-hydrogen) atoms. The zero-order chi connectivity index (χ0) is 20.8. The number of hydrogen-bond acceptors (Lipinski definition) is 5. The van der Waals surface area contributed by atoms with Crippen LogP contribution >= 0.6 is 11.6 Å². The first-order valence-corrected chi connectivity index (χ1v) is 10.2. The van der Waals surface area contributed by atoms with Crippen molar-refractivity contribution in [3.63, 3.8) is 0 Å². The lowest BCUT2D eigenvalue weighted by Crippen LogP contribution is -2.34. The molecule has 3 N–H and O–H groups in total. The minimum Gasteiger partial charge on any atom is -0.487 e. The van der Waals surface area contributed by atoms with E-state index in [-0.39, 0.29) is 17.9 Å². The van der Waals surface area contributed by atoms with Gasteiger partial charge in [-0.05, 0) is 47.5 Å². The van der Waals surface area contributed by atoms with Crippen molar-refractivity contribution in [2.45, 2.75) is 19.2 Å². The van der Waals surface area contributed by atoms with Gasteiger partial charge in [0.25, 0.3) is 0 Å². The molecule has 0 saturated carbocycles. The molecule has 6 nitrogen and oxygen atoms in total. The van der Waals surface area contributed by atoms with Gasteiger partial charge in [-0.1, -0.05) is 41.9 Å². The SMILES string of the molecule is O=C(NCc1cccc(OCc2ccccn2)c1)C1CNNC1c1ccc(Cl)cc1. The Morgan fingerprint density at radius 1 is 1.13 bits per heavy atom. The minimum absolute atomic E-state index is 0.00717. The molecule has 2 atom stereocenters. The molecule has 7 heteroatoms. The van der Waals surface area contributed by atoms with Crippen LogP contribution in [0.15, 0.2) is 72.9 Å². The summed E-state index contributed by atoms with van der Waals surface area (Å²) in [5.41, 5.74) is 9.13. The zero-order valence-electron chi connectivity index (χ0n) is 16.3. The van der Waals surface area contributed by atoms with Crippen LogP contribution in [0.25, 0.3) is 0 Å². The largest absolute Gasteiger partial charge is 0.487 e. The van der Waals surface area contributed by atoms with Crippen molar-refractivity contribution in [2.75, 3.05) is 6.54 Å². The van der Waals surface area contributed by atoms with Gasteiger partial charge in [0.15, 0.2) is 0 Å². The van der Waals surface area contributed by atoms with Crippen molar-refractivity contribution >= 4 is 17.5 Å². The number of amides is 1. The number of carbonyl (C=O) groups is 1. The molecule has 0 spiro atoms. The fourth-order valence-electron chi connectivity index (χ4n) is 3.43. The first-order chi connectivity index (χ1) is 14.7. The molecule has 1 amide bonds. The third-order valence-electron chi connectivity index (χ3n) is 5.03. The second-order valence-corrected chi connectivity index (χ2v) is 7.57. The molecule has 0 bridgehead atoms. The molecule has 2 unspecified atom stereocenters. The van der Waals surface area contributed by atoms with E-state index in [1.54, 1.807) is 6.20 Å². The second-order valence-electron chi connectivity index (χ2n) is 7.14. The molecule has 2 aromatic carbocycles. The summed E-state index contributed by atoms with van der Waals surface area (Å²) in [6, 6.07) is 20.9. The molecule has 1 aliphatic heterocycles. The number of carbonyl (C=O) groups excluding carboxylic acids is 1. The number of aromatic nitrogens is 1. The number of ether oxygens (including phenoxy) is 1. The lowest BCUT2D eigenvalue weighted by atomic mass is 9.94. The van der Waals surface area contributed by atoms with Crippen molar-refractivity contribution in [1.82, 2.24) is 21.2 Å². The van der Waals surface area contributed by atoms with Crippen molar-refractivity contribution in [1.29, 1.82) is 0 Å². The quantitative estimate of drug-likeness (QED) is 0.544. The van der Waals surface area contributed by atoms with Gasteiger partial charge in [0.05, 0.1) is 17.7 Å². The summed E-state index contributed by atoms with van der Waals surface area (Å²) in [5.74, 6) is 0.526. The topological polar surface area (TPSA) is 75.3 Å². The van der Waals surface area contributed by atoms with E-state index >= 15 is 0 Å². The van der Waals surface area contributed by atoms with E-state index in [0.717, 1.165) is 22.6 Å². The van der Waals surface area contributed by atoms with Gasteiger partial charge in [-0.2, -0.15) is 0 Å². The Kier molecular flexibility index (Phi) is 6.59. The highest BCUT2D eigenvalue weighted by Gasteiger charge is 2.33. The second kappa shape index (κ2) is 9.71. The Bertz CT molecular complexity index is 982. The van der Waals surface area contributed by atoms with Crippen LogP contribution in [0.4, 0.5) is 0 Å². The third kappa shape index (κ3) is 5.16. The van der Waals surface area contributed by atoms with Crippen LogP contribution in [0, 0.1) is 5.92 Å². The lowest BCUT2D eigenvalue weighted by Gasteiger charge is -2.18. The molecular weight excluding hydrogens is 400 g/mol. The summed E-state index contributed by atoms with van der Waals surface area (Å²) in [5, 5.41) is 3.72. The third-order valence-corrected chi connectivity index (χ3v) is 5.28. The van der Waals surface area contributed by atoms with Gasteiger partial charge in [-0.3, -0.25) is 15.2 Å². The average molecular weight is 423 g/mol. The smallest absolute Gasteiger partial charge is 0.226 e. The van der Waals surface area contributed by atoms with E-state index in [9.17, 15) is 4.79 Å². The first kappa shape index (κ1) is 20.3. The Morgan fingerprint density at radius 2 is 2.00 bits per heavy atom. The van der Waals surface area contributed by atoms with Gasteiger partial charge in [-0.15, -0.1) is 0 Å². The van der Waals surface area contributed by atoms with E-state index in [0.29, 0.717) is 24.7 Å². The molecule has 4 rings (SSSR count). The van der Waals surface area contributed by atoms with Crippen molar-refractivity contribution in [2.24, 2.45) is 5.92 Å². The fourth-order valence-corrected chi connectivity index (χ4v) is 3.56. The number of benzene rings is 2. The van der Waals surface area contributed by atoms with E-state index in [4.69, 9.17) is 16.3 Å². The van der Waals surface area contributed by atoms with Gasteiger partial charge < -0.3 is 10.1 Å². The van der Waals surface area contributed by atoms with Crippen LogP contribution in [-0.2, 0) is 17.9 Å². The minimum atomic E-state index is -0.213. The standard InChI is InChI=1S/C23H23ClN4O2/c24-18-9-7-17(8-10-18)22-21(14-27-28-22)23(29)26-13-16-4-3-6-20(12-16)30-15-19-5-1-2-11-25-19/h1-12,21-22,27-28H,13-15H2,(H,26,29). The van der Waals surface area contributed by atoms with E-state index in [1.807, 2.05) is 66.7 Å². The molecule has 2 heterocycles. The summed E-state index contributed by atoms with van der Waals surface area (Å²) in [7, 11) is 0. The maximum Gasteiger partial charge on any atom is 0.226 e. The molecule has 0 radical (unpaired) electrons. The average Bonchev–Trinajstić information content (AvgIpc) is 3.28. The van der Waals surface area contributed by atoms with Gasteiger partial charge in [0.2, 0.25) is 5.91 Å². The van der Waals surface area contributed by atoms with E-state index < -0.39 is 0 Å². The first-order valence-electron chi connectivity index (χ1n) is 9.82. The normalized spacial score (nSPS) is 18.2. The lowest BCUT2D eigenvalue weighted by molar-refractivity contribution is -0.125. The van der Waals surface area contributed by atoms with Gasteiger partial charge >= 0.3 is 0 Å². The van der Waals surface area contributed by atoms with E-state index in [2.05, 4.69) is 21.2 Å². The summed E-state index contributed by atoms with van der Waals surface area (Å²) >= 11 is 5.98. The molecule has 1 aliphatic rings. The molecule has 1 saturated heterocycles. The number of rotatable bonds is 7. The zero-order valence-corrected chi connectivity index (χ0v) is 17.1. The van der Waals surface area contributed by atoms with Crippen molar-refractivity contribution < 1.29 is 9.53 Å². The Labute approximate surface area is 180 Å². The van der Waals surface area contributed by atoms with E-state index in [1.165, 1.54) is 0 Å². The van der Waals surface area contributed by atoms with Crippen LogP contribution in [0.3, 0.4) is 0 Å². The molecular formula is C23H23ClN4O2. The monoisotopic (exact) mass is 422 g/mol. The van der Waals surface area contributed by atoms with Crippen LogP contribution < -0.4 is 20.9 Å².